The molecule has 2 N–H and O–H groups in total. The minimum atomic E-state index is -0.754. The lowest BCUT2D eigenvalue weighted by Gasteiger charge is -2.35. The number of hydrogen-bond acceptors (Lipinski definition) is 7. The zero-order valence-electron chi connectivity index (χ0n) is 21.3. The topological polar surface area (TPSA) is 116 Å². The number of amides is 3. The van der Waals surface area contributed by atoms with Crippen molar-refractivity contribution < 1.29 is 33.0 Å². The summed E-state index contributed by atoms with van der Waals surface area (Å²) in [6, 6.07) is 14.0. The predicted octanol–water partition coefficient (Wildman–Crippen LogP) is 4.23. The van der Waals surface area contributed by atoms with Crippen LogP contribution >= 0.6 is 0 Å². The molecule has 1 atom stereocenters. The summed E-state index contributed by atoms with van der Waals surface area (Å²) in [7, 11) is 4.69. The van der Waals surface area contributed by atoms with Gasteiger partial charge in [-0.25, -0.2) is 0 Å². The van der Waals surface area contributed by atoms with Crippen LogP contribution in [-0.4, -0.2) is 39.1 Å². The molecule has 1 aliphatic rings. The van der Waals surface area contributed by atoms with Crippen LogP contribution in [0.4, 0.5) is 5.69 Å². The van der Waals surface area contributed by atoms with Crippen LogP contribution in [0.1, 0.15) is 53.6 Å². The quantitative estimate of drug-likeness (QED) is 0.417. The Hall–Kier alpha value is -4.27. The highest BCUT2D eigenvalue weighted by atomic mass is 16.5. The van der Waals surface area contributed by atoms with Crippen LogP contribution < -0.4 is 24.8 Å². The first-order chi connectivity index (χ1) is 17.8. The number of hydrogen-bond donors (Lipinski definition) is 2. The molecule has 37 heavy (non-hydrogen) atoms. The molecule has 2 aromatic carbocycles. The van der Waals surface area contributed by atoms with E-state index in [0.717, 1.165) is 11.1 Å². The Morgan fingerprint density at radius 2 is 1.68 bits per heavy atom. The van der Waals surface area contributed by atoms with Crippen molar-refractivity contribution in [1.82, 2.24) is 5.32 Å². The molecule has 9 heteroatoms. The van der Waals surface area contributed by atoms with Crippen LogP contribution in [0.3, 0.4) is 0 Å². The van der Waals surface area contributed by atoms with Gasteiger partial charge in [-0.3, -0.25) is 19.7 Å². The summed E-state index contributed by atoms with van der Waals surface area (Å²) in [5.41, 5.74) is 1.38. The molecule has 0 bridgehead atoms. The third kappa shape index (κ3) is 5.16. The Labute approximate surface area is 215 Å². The van der Waals surface area contributed by atoms with Gasteiger partial charge in [0.25, 0.3) is 5.91 Å². The first-order valence-corrected chi connectivity index (χ1v) is 12.0. The van der Waals surface area contributed by atoms with Gasteiger partial charge >= 0.3 is 0 Å². The number of methoxy groups -OCH3 is 3. The van der Waals surface area contributed by atoms with E-state index >= 15 is 0 Å². The SMILES string of the molecule is CCC1(c2ccc(NC(=O)c3ccc(Cc4c(OC)cc(OC)cc4OC)o3)cc2)CCC(=O)NC1=O. The molecule has 1 fully saturated rings. The summed E-state index contributed by atoms with van der Waals surface area (Å²) >= 11 is 0. The fraction of sp³-hybridized carbons (Fsp3) is 0.321. The molecule has 1 unspecified atom stereocenters. The number of rotatable bonds is 9. The highest BCUT2D eigenvalue weighted by Crippen LogP contribution is 2.37. The largest absolute Gasteiger partial charge is 0.496 e. The number of imide groups is 1. The van der Waals surface area contributed by atoms with Crippen molar-refractivity contribution in [1.29, 1.82) is 0 Å². The van der Waals surface area contributed by atoms with E-state index in [2.05, 4.69) is 10.6 Å². The molecule has 0 radical (unpaired) electrons. The summed E-state index contributed by atoms with van der Waals surface area (Å²) in [6.45, 7) is 1.93. The average molecular weight is 507 g/mol. The molecule has 0 spiro atoms. The molecule has 1 aromatic heterocycles. The van der Waals surface area contributed by atoms with Gasteiger partial charge < -0.3 is 23.9 Å². The van der Waals surface area contributed by atoms with Crippen LogP contribution in [0.2, 0.25) is 0 Å². The monoisotopic (exact) mass is 506 g/mol. The van der Waals surface area contributed by atoms with E-state index < -0.39 is 11.3 Å². The lowest BCUT2D eigenvalue weighted by atomic mass is 9.72. The van der Waals surface area contributed by atoms with E-state index in [1.807, 2.05) is 19.1 Å². The normalized spacial score (nSPS) is 17.2. The van der Waals surface area contributed by atoms with Crippen molar-refractivity contribution in [2.75, 3.05) is 26.6 Å². The highest BCUT2D eigenvalue weighted by molar-refractivity contribution is 6.04. The Morgan fingerprint density at radius 3 is 2.24 bits per heavy atom. The van der Waals surface area contributed by atoms with Crippen molar-refractivity contribution in [3.05, 3.63) is 71.2 Å². The number of nitrogens with one attached hydrogen (secondary N) is 2. The highest BCUT2D eigenvalue weighted by Gasteiger charge is 2.42. The second kappa shape index (κ2) is 10.8. The van der Waals surface area contributed by atoms with Gasteiger partial charge in [-0.15, -0.1) is 0 Å². The Bertz CT molecular complexity index is 1290. The van der Waals surface area contributed by atoms with E-state index in [4.69, 9.17) is 18.6 Å². The van der Waals surface area contributed by atoms with Gasteiger partial charge in [0.1, 0.15) is 23.0 Å². The second-order valence-electron chi connectivity index (χ2n) is 8.80. The predicted molar refractivity (Wildman–Crippen MR) is 136 cm³/mol. The number of benzene rings is 2. The van der Waals surface area contributed by atoms with Gasteiger partial charge in [0.15, 0.2) is 5.76 Å². The first-order valence-electron chi connectivity index (χ1n) is 12.0. The average Bonchev–Trinajstić information content (AvgIpc) is 3.38. The van der Waals surface area contributed by atoms with E-state index in [9.17, 15) is 14.4 Å². The number of carbonyl (C=O) groups excluding carboxylic acids is 3. The van der Waals surface area contributed by atoms with Crippen molar-refractivity contribution in [3.63, 3.8) is 0 Å². The van der Waals surface area contributed by atoms with Gasteiger partial charge in [-0.05, 0) is 42.7 Å². The maximum atomic E-state index is 12.8. The third-order valence-corrected chi connectivity index (χ3v) is 6.82. The number of piperidine rings is 1. The molecule has 3 amide bonds. The van der Waals surface area contributed by atoms with Gasteiger partial charge in [-0.1, -0.05) is 19.1 Å². The number of carbonyl (C=O) groups is 3. The first kappa shape index (κ1) is 25.8. The van der Waals surface area contributed by atoms with Gasteiger partial charge in [0, 0.05) is 36.2 Å². The number of ether oxygens (including phenoxy) is 3. The van der Waals surface area contributed by atoms with Crippen molar-refractivity contribution >= 4 is 23.4 Å². The molecular formula is C28H30N2O7. The number of anilines is 1. The fourth-order valence-electron chi connectivity index (χ4n) is 4.65. The van der Waals surface area contributed by atoms with Crippen molar-refractivity contribution in [2.24, 2.45) is 0 Å². The summed E-state index contributed by atoms with van der Waals surface area (Å²) in [6.07, 6.45) is 1.67. The summed E-state index contributed by atoms with van der Waals surface area (Å²) in [4.78, 5) is 37.1. The van der Waals surface area contributed by atoms with Gasteiger partial charge in [0.2, 0.25) is 11.8 Å². The molecule has 194 valence electrons. The smallest absolute Gasteiger partial charge is 0.291 e. The van der Waals surface area contributed by atoms with E-state index in [-0.39, 0.29) is 17.6 Å². The maximum Gasteiger partial charge on any atom is 0.291 e. The van der Waals surface area contributed by atoms with Crippen LogP contribution in [0.5, 0.6) is 17.2 Å². The Balaban J connectivity index is 1.47. The molecule has 2 heterocycles. The minimum absolute atomic E-state index is 0.153. The Kier molecular flexibility index (Phi) is 7.52. The lowest BCUT2D eigenvalue weighted by molar-refractivity contribution is -0.138. The zero-order chi connectivity index (χ0) is 26.6. The fourth-order valence-corrected chi connectivity index (χ4v) is 4.65. The standard InChI is InChI=1S/C28H30N2O7/c1-5-28(13-12-25(31)30-27(28)33)17-6-8-18(9-7-17)29-26(32)22-11-10-19(37-22)14-21-23(35-3)15-20(34-2)16-24(21)36-4/h6-11,15-16H,5,12-14H2,1-4H3,(H,29,32)(H,30,31,33). The lowest BCUT2D eigenvalue weighted by Crippen LogP contribution is -2.51. The van der Waals surface area contributed by atoms with Crippen molar-refractivity contribution in [2.45, 2.75) is 38.0 Å². The van der Waals surface area contributed by atoms with E-state index in [1.54, 1.807) is 57.7 Å². The maximum absolute atomic E-state index is 12.8. The molecule has 9 nitrogen and oxygen atoms in total. The van der Waals surface area contributed by atoms with Crippen molar-refractivity contribution in [3.8, 4) is 17.2 Å². The molecule has 0 saturated carbocycles. The molecule has 4 rings (SSSR count). The molecule has 0 aliphatic carbocycles. The summed E-state index contributed by atoms with van der Waals surface area (Å²) < 4.78 is 22.1. The summed E-state index contributed by atoms with van der Waals surface area (Å²) in [5.74, 6) is 1.55. The van der Waals surface area contributed by atoms with Crippen LogP contribution in [0, 0.1) is 0 Å². The molecule has 1 saturated heterocycles. The molecular weight excluding hydrogens is 476 g/mol. The van der Waals surface area contributed by atoms with E-state index in [1.165, 1.54) is 0 Å². The molecule has 3 aromatic rings. The second-order valence-corrected chi connectivity index (χ2v) is 8.80. The van der Waals surface area contributed by atoms with Crippen LogP contribution in [0.15, 0.2) is 52.9 Å². The summed E-state index contributed by atoms with van der Waals surface area (Å²) in [5, 5.41) is 5.27. The van der Waals surface area contributed by atoms with E-state index in [0.29, 0.717) is 54.4 Å². The number of furan rings is 1. The molecule has 1 aliphatic heterocycles. The zero-order valence-corrected chi connectivity index (χ0v) is 21.3. The van der Waals surface area contributed by atoms with Crippen LogP contribution in [-0.2, 0) is 21.4 Å². The third-order valence-electron chi connectivity index (χ3n) is 6.82. The van der Waals surface area contributed by atoms with Gasteiger partial charge in [0.05, 0.1) is 26.7 Å². The Morgan fingerprint density at radius 1 is 1.00 bits per heavy atom. The minimum Gasteiger partial charge on any atom is -0.496 e. The van der Waals surface area contributed by atoms with Crippen LogP contribution in [0.25, 0.3) is 0 Å². The van der Waals surface area contributed by atoms with Gasteiger partial charge in [-0.2, -0.15) is 0 Å².